The lowest BCUT2D eigenvalue weighted by Gasteiger charge is -2.12. The Morgan fingerprint density at radius 1 is 1.10 bits per heavy atom. The van der Waals surface area contributed by atoms with Gasteiger partial charge in [-0.1, -0.05) is 29.2 Å². The molecule has 0 unspecified atom stereocenters. The maximum atomic E-state index is 12.9. The number of hydrogen-bond donors (Lipinski definition) is 2. The highest BCUT2D eigenvalue weighted by Crippen LogP contribution is 2.25. The first-order valence-corrected chi connectivity index (χ1v) is 13.5. The molecule has 0 atom stereocenters. The van der Waals surface area contributed by atoms with Gasteiger partial charge in [-0.3, -0.25) is 29.6 Å². The average molecular weight is 569 g/mol. The first kappa shape index (κ1) is 27.7. The minimum absolute atomic E-state index is 0.0159. The van der Waals surface area contributed by atoms with Crippen LogP contribution in [-0.4, -0.2) is 54.1 Å². The van der Waals surface area contributed by atoms with E-state index in [-0.39, 0.29) is 35.0 Å². The van der Waals surface area contributed by atoms with E-state index in [1.54, 1.807) is 23.6 Å². The van der Waals surface area contributed by atoms with Gasteiger partial charge in [0.15, 0.2) is 11.0 Å². The van der Waals surface area contributed by atoms with Crippen molar-refractivity contribution < 1.29 is 19.2 Å². The lowest BCUT2D eigenvalue weighted by atomic mass is 10.1. The zero-order valence-corrected chi connectivity index (χ0v) is 22.8. The summed E-state index contributed by atoms with van der Waals surface area (Å²) in [5, 5.41) is 34.6. The average Bonchev–Trinajstić information content (AvgIpc) is 3.52. The lowest BCUT2D eigenvalue weighted by Crippen LogP contribution is -2.25. The molecule has 0 spiro atoms. The predicted octanol–water partition coefficient (Wildman–Crippen LogP) is 3.70. The number of nitro groups is 1. The Balaban J connectivity index is 1.54. The van der Waals surface area contributed by atoms with Gasteiger partial charge in [0.05, 0.1) is 23.8 Å². The van der Waals surface area contributed by atoms with Gasteiger partial charge >= 0.3 is 0 Å². The van der Waals surface area contributed by atoms with Crippen LogP contribution in [-0.2, 0) is 11.3 Å². The fourth-order valence-electron chi connectivity index (χ4n) is 3.58. The van der Waals surface area contributed by atoms with Gasteiger partial charge in [0.25, 0.3) is 11.6 Å². The molecule has 0 aliphatic carbocycles. The summed E-state index contributed by atoms with van der Waals surface area (Å²) in [5.74, 6) is 0.351. The largest absolute Gasteiger partial charge is 0.494 e. The normalized spacial score (nSPS) is 10.7. The number of nitrogens with one attached hydrogen (secondary N) is 2. The Morgan fingerprint density at radius 2 is 1.87 bits per heavy atom. The second kappa shape index (κ2) is 12.4. The molecule has 0 aliphatic heterocycles. The number of aryl methyl sites for hydroxylation is 1. The molecule has 0 fully saturated rings. The van der Waals surface area contributed by atoms with Crippen molar-refractivity contribution >= 4 is 45.7 Å². The molecule has 0 saturated heterocycles. The van der Waals surface area contributed by atoms with Crippen molar-refractivity contribution in [2.75, 3.05) is 17.7 Å². The van der Waals surface area contributed by atoms with Gasteiger partial charge in [-0.2, -0.15) is 0 Å². The number of carbonyl (C=O) groups is 2. The van der Waals surface area contributed by atoms with E-state index >= 15 is 0 Å². The molecule has 39 heavy (non-hydrogen) atoms. The standard InChI is InChI=1S/C24H24N8O5S2/c1-4-37-17-10-8-16(9-11-17)31-20(12-25-22(34)18-6-5-7-19(14(18)2)32(35)36)28-30-24(31)38-13-21(33)26-23-29-27-15(3)39-23/h5-11H,4,12-13H2,1-3H3,(H,25,34)(H,26,29,33). The summed E-state index contributed by atoms with van der Waals surface area (Å²) in [4.78, 5) is 36.1. The van der Waals surface area contributed by atoms with E-state index in [1.807, 2.05) is 19.1 Å². The molecule has 4 aromatic rings. The fraction of sp³-hybridized carbons (Fsp3) is 0.250. The number of rotatable bonds is 11. The summed E-state index contributed by atoms with van der Waals surface area (Å²) in [5.41, 5.74) is 1.01. The first-order valence-electron chi connectivity index (χ1n) is 11.7. The maximum absolute atomic E-state index is 12.9. The quantitative estimate of drug-likeness (QED) is 0.155. The van der Waals surface area contributed by atoms with Crippen LogP contribution in [0.5, 0.6) is 5.75 Å². The number of amides is 2. The van der Waals surface area contributed by atoms with Crippen LogP contribution in [0.15, 0.2) is 47.6 Å². The monoisotopic (exact) mass is 568 g/mol. The molecule has 2 N–H and O–H groups in total. The van der Waals surface area contributed by atoms with E-state index in [9.17, 15) is 19.7 Å². The molecule has 2 aromatic carbocycles. The Hall–Kier alpha value is -4.37. The van der Waals surface area contributed by atoms with E-state index in [1.165, 1.54) is 36.5 Å². The van der Waals surface area contributed by atoms with Crippen molar-refractivity contribution in [1.29, 1.82) is 0 Å². The van der Waals surface area contributed by atoms with Gasteiger partial charge in [-0.05, 0) is 51.1 Å². The Morgan fingerprint density at radius 3 is 2.54 bits per heavy atom. The molecule has 0 aliphatic rings. The minimum atomic E-state index is -0.527. The van der Waals surface area contributed by atoms with Gasteiger partial charge < -0.3 is 10.1 Å². The summed E-state index contributed by atoms with van der Waals surface area (Å²) in [6.07, 6.45) is 0. The van der Waals surface area contributed by atoms with Crippen LogP contribution >= 0.6 is 23.1 Å². The molecule has 0 radical (unpaired) electrons. The van der Waals surface area contributed by atoms with Gasteiger partial charge in [-0.25, -0.2) is 0 Å². The summed E-state index contributed by atoms with van der Waals surface area (Å²) in [7, 11) is 0. The highest BCUT2D eigenvalue weighted by molar-refractivity contribution is 7.99. The molecule has 2 heterocycles. The minimum Gasteiger partial charge on any atom is -0.494 e. The highest BCUT2D eigenvalue weighted by Gasteiger charge is 2.20. The third-order valence-electron chi connectivity index (χ3n) is 5.36. The molecule has 2 aromatic heterocycles. The third kappa shape index (κ3) is 6.74. The van der Waals surface area contributed by atoms with E-state index in [2.05, 4.69) is 31.0 Å². The number of nitrogens with zero attached hydrogens (tertiary/aromatic N) is 6. The third-order valence-corrected chi connectivity index (χ3v) is 7.05. The highest BCUT2D eigenvalue weighted by atomic mass is 32.2. The van der Waals surface area contributed by atoms with Crippen LogP contribution in [0.4, 0.5) is 10.8 Å². The van der Waals surface area contributed by atoms with Crippen molar-refractivity contribution in [3.8, 4) is 11.4 Å². The van der Waals surface area contributed by atoms with Crippen LogP contribution in [0.25, 0.3) is 5.69 Å². The first-order chi connectivity index (χ1) is 18.8. The Kier molecular flexibility index (Phi) is 8.83. The number of ether oxygens (including phenoxy) is 1. The number of benzene rings is 2. The van der Waals surface area contributed by atoms with Gasteiger partial charge in [0.2, 0.25) is 11.0 Å². The SMILES string of the molecule is CCOc1ccc(-n2c(CNC(=O)c3cccc([N+](=O)[O-])c3C)nnc2SCC(=O)Nc2nnc(C)s2)cc1. The van der Waals surface area contributed by atoms with E-state index in [0.717, 1.165) is 16.8 Å². The fourth-order valence-corrected chi connectivity index (χ4v) is 4.96. The molecule has 0 saturated carbocycles. The Labute approximate surface area is 231 Å². The summed E-state index contributed by atoms with van der Waals surface area (Å²) in [6, 6.07) is 11.6. The van der Waals surface area contributed by atoms with Crippen LogP contribution in [0.2, 0.25) is 0 Å². The molecular formula is C24H24N8O5S2. The maximum Gasteiger partial charge on any atom is 0.273 e. The number of carbonyl (C=O) groups excluding carboxylic acids is 2. The van der Waals surface area contributed by atoms with Crippen molar-refractivity contribution in [2.24, 2.45) is 0 Å². The van der Waals surface area contributed by atoms with E-state index in [4.69, 9.17) is 4.74 Å². The van der Waals surface area contributed by atoms with Crippen molar-refractivity contribution in [3.05, 3.63) is 74.5 Å². The van der Waals surface area contributed by atoms with E-state index in [0.29, 0.717) is 34.2 Å². The van der Waals surface area contributed by atoms with Gasteiger partial charge in [-0.15, -0.1) is 20.4 Å². The molecule has 0 bridgehead atoms. The lowest BCUT2D eigenvalue weighted by molar-refractivity contribution is -0.385. The number of thioether (sulfide) groups is 1. The molecule has 15 heteroatoms. The van der Waals surface area contributed by atoms with E-state index < -0.39 is 10.8 Å². The van der Waals surface area contributed by atoms with Crippen LogP contribution in [0.1, 0.15) is 33.7 Å². The number of hydrogen-bond acceptors (Lipinski definition) is 11. The zero-order chi connectivity index (χ0) is 27.9. The van der Waals surface area contributed by atoms with Gasteiger partial charge in [0.1, 0.15) is 10.8 Å². The van der Waals surface area contributed by atoms with Crippen LogP contribution in [0.3, 0.4) is 0 Å². The van der Waals surface area contributed by atoms with Crippen LogP contribution < -0.4 is 15.4 Å². The number of anilines is 1. The summed E-state index contributed by atoms with van der Waals surface area (Å²) in [6.45, 7) is 5.71. The molecule has 13 nitrogen and oxygen atoms in total. The topological polar surface area (TPSA) is 167 Å². The van der Waals surface area contributed by atoms with Crippen molar-refractivity contribution in [1.82, 2.24) is 30.3 Å². The van der Waals surface area contributed by atoms with Gasteiger partial charge in [0, 0.05) is 22.9 Å². The molecule has 202 valence electrons. The summed E-state index contributed by atoms with van der Waals surface area (Å²) < 4.78 is 7.25. The van der Waals surface area contributed by atoms with Crippen molar-refractivity contribution in [3.63, 3.8) is 0 Å². The number of aromatic nitrogens is 5. The van der Waals surface area contributed by atoms with Crippen molar-refractivity contribution in [2.45, 2.75) is 32.5 Å². The second-order valence-electron chi connectivity index (χ2n) is 8.01. The Bertz CT molecular complexity index is 1500. The second-order valence-corrected chi connectivity index (χ2v) is 10.1. The summed E-state index contributed by atoms with van der Waals surface area (Å²) >= 11 is 2.44. The molecule has 4 rings (SSSR count). The predicted molar refractivity (Wildman–Crippen MR) is 146 cm³/mol. The molecule has 2 amide bonds. The number of nitro benzene ring substituents is 1. The zero-order valence-electron chi connectivity index (χ0n) is 21.2. The molecular weight excluding hydrogens is 544 g/mol. The smallest absolute Gasteiger partial charge is 0.273 e. The van der Waals surface area contributed by atoms with Crippen LogP contribution in [0, 0.1) is 24.0 Å².